The van der Waals surface area contributed by atoms with Crippen molar-refractivity contribution in [3.63, 3.8) is 0 Å². The van der Waals surface area contributed by atoms with Crippen LogP contribution in [0.1, 0.15) is 51.5 Å². The molecule has 0 spiro atoms. The Labute approximate surface area is 127 Å². The highest BCUT2D eigenvalue weighted by Crippen LogP contribution is 2.10. The SMILES string of the molecule is CCCCCCCOC(=O)/C(=C\c1ccccc1)C(C)=O. The van der Waals surface area contributed by atoms with E-state index in [4.69, 9.17) is 4.74 Å². The summed E-state index contributed by atoms with van der Waals surface area (Å²) in [5.74, 6) is -0.795. The van der Waals surface area contributed by atoms with Gasteiger partial charge in [-0.1, -0.05) is 62.9 Å². The Morgan fingerprint density at radius 1 is 1.05 bits per heavy atom. The van der Waals surface area contributed by atoms with Crippen LogP contribution >= 0.6 is 0 Å². The first-order valence-electron chi connectivity index (χ1n) is 7.60. The quantitative estimate of drug-likeness (QED) is 0.225. The summed E-state index contributed by atoms with van der Waals surface area (Å²) in [5, 5.41) is 0. The topological polar surface area (TPSA) is 43.4 Å². The van der Waals surface area contributed by atoms with E-state index in [1.165, 1.54) is 19.8 Å². The van der Waals surface area contributed by atoms with E-state index in [0.29, 0.717) is 6.61 Å². The molecule has 1 aromatic rings. The van der Waals surface area contributed by atoms with Crippen LogP contribution in [0.3, 0.4) is 0 Å². The van der Waals surface area contributed by atoms with E-state index >= 15 is 0 Å². The van der Waals surface area contributed by atoms with Gasteiger partial charge in [-0.05, 0) is 25.0 Å². The Hall–Kier alpha value is -1.90. The molecular weight excluding hydrogens is 264 g/mol. The molecule has 0 amide bonds. The van der Waals surface area contributed by atoms with E-state index in [0.717, 1.165) is 24.8 Å². The van der Waals surface area contributed by atoms with Gasteiger partial charge in [0.05, 0.1) is 6.61 Å². The maximum atomic E-state index is 12.0. The number of esters is 1. The molecule has 0 aromatic heterocycles. The summed E-state index contributed by atoms with van der Waals surface area (Å²) in [4.78, 5) is 23.6. The van der Waals surface area contributed by atoms with Crippen molar-refractivity contribution >= 4 is 17.8 Å². The van der Waals surface area contributed by atoms with Gasteiger partial charge < -0.3 is 4.74 Å². The lowest BCUT2D eigenvalue weighted by Gasteiger charge is -2.06. The smallest absolute Gasteiger partial charge is 0.341 e. The number of rotatable bonds is 9. The molecule has 0 bridgehead atoms. The summed E-state index contributed by atoms with van der Waals surface area (Å²) in [5.41, 5.74) is 0.928. The fourth-order valence-electron chi connectivity index (χ4n) is 1.97. The van der Waals surface area contributed by atoms with Crippen LogP contribution in [0.4, 0.5) is 0 Å². The monoisotopic (exact) mass is 288 g/mol. The van der Waals surface area contributed by atoms with Crippen LogP contribution < -0.4 is 0 Å². The number of ketones is 1. The van der Waals surface area contributed by atoms with E-state index in [1.807, 2.05) is 30.3 Å². The van der Waals surface area contributed by atoms with Crippen molar-refractivity contribution in [2.24, 2.45) is 0 Å². The van der Waals surface area contributed by atoms with Gasteiger partial charge in [-0.15, -0.1) is 0 Å². The normalized spacial score (nSPS) is 11.2. The molecule has 114 valence electrons. The third-order valence-electron chi connectivity index (χ3n) is 3.19. The molecule has 21 heavy (non-hydrogen) atoms. The summed E-state index contributed by atoms with van der Waals surface area (Å²) in [7, 11) is 0. The van der Waals surface area contributed by atoms with Crippen molar-refractivity contribution in [1.82, 2.24) is 0 Å². The molecule has 1 aromatic carbocycles. The second-order valence-electron chi connectivity index (χ2n) is 5.08. The average Bonchev–Trinajstić information content (AvgIpc) is 2.49. The number of Topliss-reactive ketones (excluding diaryl/α,β-unsaturated/α-hetero) is 1. The lowest BCUT2D eigenvalue weighted by Crippen LogP contribution is -2.14. The molecule has 0 aliphatic carbocycles. The van der Waals surface area contributed by atoms with Crippen LogP contribution in [-0.2, 0) is 14.3 Å². The van der Waals surface area contributed by atoms with Crippen molar-refractivity contribution in [1.29, 1.82) is 0 Å². The van der Waals surface area contributed by atoms with Crippen molar-refractivity contribution in [3.8, 4) is 0 Å². The van der Waals surface area contributed by atoms with Gasteiger partial charge in [-0.25, -0.2) is 4.79 Å². The van der Waals surface area contributed by atoms with Gasteiger partial charge in [0, 0.05) is 0 Å². The predicted octanol–water partition coefficient (Wildman–Crippen LogP) is 4.17. The number of unbranched alkanes of at least 4 members (excludes halogenated alkanes) is 4. The number of carbonyl (C=O) groups excluding carboxylic acids is 2. The Morgan fingerprint density at radius 3 is 2.33 bits per heavy atom. The average molecular weight is 288 g/mol. The zero-order valence-electron chi connectivity index (χ0n) is 12.9. The van der Waals surface area contributed by atoms with Gasteiger partial charge in [-0.3, -0.25) is 4.79 Å². The van der Waals surface area contributed by atoms with Crippen LogP contribution in [0.15, 0.2) is 35.9 Å². The predicted molar refractivity (Wildman–Crippen MR) is 84.8 cm³/mol. The van der Waals surface area contributed by atoms with Gasteiger partial charge in [-0.2, -0.15) is 0 Å². The minimum atomic E-state index is -0.526. The Kier molecular flexibility index (Phi) is 8.10. The Morgan fingerprint density at radius 2 is 1.71 bits per heavy atom. The first-order chi connectivity index (χ1) is 10.1. The van der Waals surface area contributed by atoms with E-state index in [9.17, 15) is 9.59 Å². The minimum Gasteiger partial charge on any atom is -0.462 e. The van der Waals surface area contributed by atoms with Gasteiger partial charge in [0.2, 0.25) is 0 Å². The fraction of sp³-hybridized carbons (Fsp3) is 0.444. The summed E-state index contributed by atoms with van der Waals surface area (Å²) >= 11 is 0. The summed E-state index contributed by atoms with van der Waals surface area (Å²) < 4.78 is 5.19. The molecule has 0 saturated heterocycles. The lowest BCUT2D eigenvalue weighted by atomic mass is 10.1. The van der Waals surface area contributed by atoms with Crippen molar-refractivity contribution in [3.05, 3.63) is 41.5 Å². The van der Waals surface area contributed by atoms with E-state index in [1.54, 1.807) is 6.08 Å². The molecule has 0 aliphatic heterocycles. The summed E-state index contributed by atoms with van der Waals surface area (Å²) in [6.07, 6.45) is 7.05. The van der Waals surface area contributed by atoms with E-state index < -0.39 is 5.97 Å². The van der Waals surface area contributed by atoms with Crippen LogP contribution in [0, 0.1) is 0 Å². The second kappa shape index (κ2) is 9.92. The van der Waals surface area contributed by atoms with Crippen molar-refractivity contribution < 1.29 is 14.3 Å². The number of benzene rings is 1. The standard InChI is InChI=1S/C18H24O3/c1-3-4-5-6-10-13-21-18(20)17(15(2)19)14-16-11-8-7-9-12-16/h7-9,11-12,14H,3-6,10,13H2,1-2H3/b17-14-. The third kappa shape index (κ3) is 6.89. The van der Waals surface area contributed by atoms with Crippen LogP contribution in [-0.4, -0.2) is 18.4 Å². The molecule has 0 N–H and O–H groups in total. The highest BCUT2D eigenvalue weighted by Gasteiger charge is 2.15. The number of carbonyl (C=O) groups is 2. The molecule has 0 fully saturated rings. The molecule has 0 aliphatic rings. The zero-order valence-corrected chi connectivity index (χ0v) is 12.9. The molecule has 0 atom stereocenters. The second-order valence-corrected chi connectivity index (χ2v) is 5.08. The van der Waals surface area contributed by atoms with Gasteiger partial charge in [0.25, 0.3) is 0 Å². The molecule has 1 rings (SSSR count). The first kappa shape index (κ1) is 17.2. The van der Waals surface area contributed by atoms with Gasteiger partial charge >= 0.3 is 5.97 Å². The number of hydrogen-bond acceptors (Lipinski definition) is 3. The highest BCUT2D eigenvalue weighted by molar-refractivity contribution is 6.19. The fourth-order valence-corrected chi connectivity index (χ4v) is 1.97. The summed E-state index contributed by atoms with van der Waals surface area (Å²) in [6.45, 7) is 3.92. The van der Waals surface area contributed by atoms with Crippen LogP contribution in [0.25, 0.3) is 6.08 Å². The molecule has 0 unspecified atom stereocenters. The van der Waals surface area contributed by atoms with Crippen LogP contribution in [0.2, 0.25) is 0 Å². The van der Waals surface area contributed by atoms with Crippen LogP contribution in [0.5, 0.6) is 0 Å². The Balaban J connectivity index is 2.51. The molecule has 0 heterocycles. The largest absolute Gasteiger partial charge is 0.462 e. The highest BCUT2D eigenvalue weighted by atomic mass is 16.5. The number of ether oxygens (including phenoxy) is 1. The Bertz CT molecular complexity index is 474. The lowest BCUT2D eigenvalue weighted by molar-refractivity contribution is -0.140. The van der Waals surface area contributed by atoms with Gasteiger partial charge in [0.15, 0.2) is 5.78 Å². The summed E-state index contributed by atoms with van der Waals surface area (Å²) in [6, 6.07) is 9.31. The van der Waals surface area contributed by atoms with E-state index in [2.05, 4.69) is 6.92 Å². The first-order valence-corrected chi connectivity index (χ1v) is 7.60. The zero-order chi connectivity index (χ0) is 15.5. The molecular formula is C18H24O3. The van der Waals surface area contributed by atoms with Gasteiger partial charge in [0.1, 0.15) is 5.57 Å². The molecule has 3 heteroatoms. The van der Waals surface area contributed by atoms with E-state index in [-0.39, 0.29) is 11.4 Å². The maximum absolute atomic E-state index is 12.0. The minimum absolute atomic E-state index is 0.106. The molecule has 0 saturated carbocycles. The third-order valence-corrected chi connectivity index (χ3v) is 3.19. The molecule has 3 nitrogen and oxygen atoms in total. The van der Waals surface area contributed by atoms with Crippen molar-refractivity contribution in [2.75, 3.05) is 6.61 Å². The number of hydrogen-bond donors (Lipinski definition) is 0. The maximum Gasteiger partial charge on any atom is 0.341 e. The molecule has 0 radical (unpaired) electrons. The van der Waals surface area contributed by atoms with Crippen molar-refractivity contribution in [2.45, 2.75) is 46.0 Å².